The van der Waals surface area contributed by atoms with E-state index in [1.807, 2.05) is 18.6 Å². The molecule has 0 saturated heterocycles. The maximum absolute atomic E-state index is 4.75. The van der Waals surface area contributed by atoms with Crippen molar-refractivity contribution < 1.29 is 0 Å². The fourth-order valence-electron chi connectivity index (χ4n) is 2.74. The van der Waals surface area contributed by atoms with E-state index in [2.05, 4.69) is 29.1 Å². The van der Waals surface area contributed by atoms with Gasteiger partial charge in [0.05, 0.1) is 0 Å². The number of nitrogens with one attached hydrogen (secondary N) is 1. The summed E-state index contributed by atoms with van der Waals surface area (Å²) in [5.41, 5.74) is 2.67. The standard InChI is InChI=1S/C14H18N4S/c1-14(2)6-10(15-3)9-8-17-12(18-11(9)7-14)13-16-4-5-19-13/h4-5,8,10,15H,6-7H2,1-3H3. The molecule has 0 radical (unpaired) electrons. The zero-order valence-electron chi connectivity index (χ0n) is 11.5. The summed E-state index contributed by atoms with van der Waals surface area (Å²) >= 11 is 1.58. The molecule has 0 fully saturated rings. The van der Waals surface area contributed by atoms with Crippen LogP contribution in [0.25, 0.3) is 10.8 Å². The number of thiazole rings is 1. The van der Waals surface area contributed by atoms with E-state index in [0.717, 1.165) is 29.4 Å². The van der Waals surface area contributed by atoms with Crippen LogP contribution in [0.4, 0.5) is 0 Å². The summed E-state index contributed by atoms with van der Waals surface area (Å²) in [5.74, 6) is 0.751. The normalized spacial score (nSPS) is 21.1. The van der Waals surface area contributed by atoms with Crippen LogP contribution in [0, 0.1) is 5.41 Å². The number of hydrogen-bond donors (Lipinski definition) is 1. The Kier molecular flexibility index (Phi) is 3.11. The number of fused-ring (bicyclic) bond motifs is 1. The van der Waals surface area contributed by atoms with Crippen LogP contribution >= 0.6 is 11.3 Å². The summed E-state index contributed by atoms with van der Waals surface area (Å²) in [6.07, 6.45) is 5.89. The highest BCUT2D eigenvalue weighted by Gasteiger charge is 2.33. The molecule has 0 aliphatic heterocycles. The molecule has 2 heterocycles. The van der Waals surface area contributed by atoms with Gasteiger partial charge >= 0.3 is 0 Å². The lowest BCUT2D eigenvalue weighted by molar-refractivity contribution is 0.260. The fourth-order valence-corrected chi connectivity index (χ4v) is 3.32. The third kappa shape index (κ3) is 2.40. The summed E-state index contributed by atoms with van der Waals surface area (Å²) < 4.78 is 0. The van der Waals surface area contributed by atoms with Gasteiger partial charge in [-0.3, -0.25) is 0 Å². The van der Waals surface area contributed by atoms with Crippen LogP contribution in [-0.2, 0) is 6.42 Å². The first-order valence-electron chi connectivity index (χ1n) is 6.52. The molecule has 3 rings (SSSR count). The van der Waals surface area contributed by atoms with Crippen molar-refractivity contribution in [1.29, 1.82) is 0 Å². The second kappa shape index (κ2) is 4.65. The van der Waals surface area contributed by atoms with Crippen molar-refractivity contribution in [3.05, 3.63) is 29.0 Å². The topological polar surface area (TPSA) is 50.7 Å². The zero-order chi connectivity index (χ0) is 13.5. The Balaban J connectivity index is 2.04. The fraction of sp³-hybridized carbons (Fsp3) is 0.500. The molecule has 4 nitrogen and oxygen atoms in total. The van der Waals surface area contributed by atoms with Gasteiger partial charge < -0.3 is 5.32 Å². The molecule has 19 heavy (non-hydrogen) atoms. The first-order valence-corrected chi connectivity index (χ1v) is 7.40. The molecule has 1 N–H and O–H groups in total. The second-order valence-corrected chi connectivity index (χ2v) is 6.71. The van der Waals surface area contributed by atoms with Crippen molar-refractivity contribution in [1.82, 2.24) is 20.3 Å². The number of nitrogens with zero attached hydrogens (tertiary/aromatic N) is 3. The van der Waals surface area contributed by atoms with Crippen molar-refractivity contribution in [2.75, 3.05) is 7.05 Å². The molecule has 0 spiro atoms. The molecule has 1 unspecified atom stereocenters. The van der Waals surface area contributed by atoms with Crippen LogP contribution in [0.15, 0.2) is 17.8 Å². The molecule has 100 valence electrons. The quantitative estimate of drug-likeness (QED) is 0.915. The SMILES string of the molecule is CNC1CC(C)(C)Cc2nc(-c3nccs3)ncc21. The van der Waals surface area contributed by atoms with Gasteiger partial charge in [0.25, 0.3) is 0 Å². The van der Waals surface area contributed by atoms with Gasteiger partial charge in [-0.15, -0.1) is 11.3 Å². The van der Waals surface area contributed by atoms with Gasteiger partial charge in [0.1, 0.15) is 0 Å². The Morgan fingerprint density at radius 2 is 2.21 bits per heavy atom. The summed E-state index contributed by atoms with van der Waals surface area (Å²) in [4.78, 5) is 13.5. The molecule has 5 heteroatoms. The highest BCUT2D eigenvalue weighted by atomic mass is 32.1. The lowest BCUT2D eigenvalue weighted by Gasteiger charge is -2.36. The predicted octanol–water partition coefficient (Wildman–Crippen LogP) is 2.83. The van der Waals surface area contributed by atoms with Crippen LogP contribution in [0.5, 0.6) is 0 Å². The van der Waals surface area contributed by atoms with Crippen LogP contribution < -0.4 is 5.32 Å². The summed E-state index contributed by atoms with van der Waals surface area (Å²) in [6, 6.07) is 0.351. The molecule has 2 aromatic rings. The van der Waals surface area contributed by atoms with E-state index in [1.165, 1.54) is 5.56 Å². The van der Waals surface area contributed by atoms with E-state index in [4.69, 9.17) is 4.98 Å². The zero-order valence-corrected chi connectivity index (χ0v) is 12.3. The molecule has 2 aromatic heterocycles. The molecular formula is C14H18N4S. The largest absolute Gasteiger partial charge is 0.313 e. The van der Waals surface area contributed by atoms with Gasteiger partial charge in [-0.2, -0.15) is 0 Å². The average molecular weight is 274 g/mol. The molecule has 0 saturated carbocycles. The van der Waals surface area contributed by atoms with E-state index < -0.39 is 0 Å². The Morgan fingerprint density at radius 1 is 1.37 bits per heavy atom. The maximum Gasteiger partial charge on any atom is 0.188 e. The lowest BCUT2D eigenvalue weighted by Crippen LogP contribution is -2.32. The lowest BCUT2D eigenvalue weighted by atomic mass is 9.74. The number of rotatable bonds is 2. The Labute approximate surface area is 117 Å². The second-order valence-electron chi connectivity index (χ2n) is 5.82. The molecule has 0 bridgehead atoms. The molecule has 0 aromatic carbocycles. The average Bonchev–Trinajstić information content (AvgIpc) is 2.89. The van der Waals surface area contributed by atoms with E-state index in [0.29, 0.717) is 6.04 Å². The smallest absolute Gasteiger partial charge is 0.188 e. The summed E-state index contributed by atoms with van der Waals surface area (Å²) in [5, 5.41) is 6.23. The third-order valence-corrected chi connectivity index (χ3v) is 4.42. The number of hydrogen-bond acceptors (Lipinski definition) is 5. The minimum atomic E-state index is 0.273. The van der Waals surface area contributed by atoms with Gasteiger partial charge in [0.2, 0.25) is 0 Å². The minimum Gasteiger partial charge on any atom is -0.313 e. The molecular weight excluding hydrogens is 256 g/mol. The first-order chi connectivity index (χ1) is 9.09. The van der Waals surface area contributed by atoms with Crippen LogP contribution in [0.1, 0.15) is 37.6 Å². The summed E-state index contributed by atoms with van der Waals surface area (Å²) in [6.45, 7) is 4.59. The Bertz CT molecular complexity index is 577. The van der Waals surface area contributed by atoms with Gasteiger partial charge in [-0.05, 0) is 25.3 Å². The molecule has 0 amide bonds. The third-order valence-electron chi connectivity index (χ3n) is 3.65. The molecule has 1 atom stereocenters. The molecule has 1 aliphatic rings. The highest BCUT2D eigenvalue weighted by molar-refractivity contribution is 7.12. The van der Waals surface area contributed by atoms with Crippen LogP contribution in [0.3, 0.4) is 0 Å². The van der Waals surface area contributed by atoms with E-state index in [1.54, 1.807) is 17.5 Å². The number of aromatic nitrogens is 3. The van der Waals surface area contributed by atoms with Crippen molar-refractivity contribution in [3.8, 4) is 10.8 Å². The van der Waals surface area contributed by atoms with E-state index in [-0.39, 0.29) is 5.41 Å². The van der Waals surface area contributed by atoms with Gasteiger partial charge in [0.15, 0.2) is 10.8 Å². The van der Waals surface area contributed by atoms with Crippen LogP contribution in [-0.4, -0.2) is 22.0 Å². The monoisotopic (exact) mass is 274 g/mol. The minimum absolute atomic E-state index is 0.273. The van der Waals surface area contributed by atoms with Crippen molar-refractivity contribution in [2.45, 2.75) is 32.7 Å². The predicted molar refractivity (Wildman–Crippen MR) is 77.0 cm³/mol. The van der Waals surface area contributed by atoms with Crippen molar-refractivity contribution in [3.63, 3.8) is 0 Å². The highest BCUT2D eigenvalue weighted by Crippen LogP contribution is 2.39. The van der Waals surface area contributed by atoms with Gasteiger partial charge in [-0.25, -0.2) is 15.0 Å². The van der Waals surface area contributed by atoms with Gasteiger partial charge in [0, 0.05) is 35.1 Å². The Morgan fingerprint density at radius 3 is 2.89 bits per heavy atom. The van der Waals surface area contributed by atoms with E-state index >= 15 is 0 Å². The van der Waals surface area contributed by atoms with Crippen molar-refractivity contribution >= 4 is 11.3 Å². The maximum atomic E-state index is 4.75. The van der Waals surface area contributed by atoms with Gasteiger partial charge in [-0.1, -0.05) is 13.8 Å². The summed E-state index contributed by atoms with van der Waals surface area (Å²) in [7, 11) is 2.00. The molecule has 1 aliphatic carbocycles. The van der Waals surface area contributed by atoms with E-state index in [9.17, 15) is 0 Å². The first kappa shape index (κ1) is 12.7. The Hall–Kier alpha value is -1.33. The van der Waals surface area contributed by atoms with Crippen LogP contribution in [0.2, 0.25) is 0 Å². The van der Waals surface area contributed by atoms with Crippen molar-refractivity contribution in [2.24, 2.45) is 5.41 Å².